The zero-order chi connectivity index (χ0) is 25.6. The highest BCUT2D eigenvalue weighted by Crippen LogP contribution is 2.39. The third-order valence-corrected chi connectivity index (χ3v) is 6.62. The molecule has 0 radical (unpaired) electrons. The fourth-order valence-corrected chi connectivity index (χ4v) is 4.51. The number of benzene rings is 1. The lowest BCUT2D eigenvalue weighted by Gasteiger charge is -2.40. The van der Waals surface area contributed by atoms with E-state index in [-0.39, 0.29) is 40.8 Å². The van der Waals surface area contributed by atoms with Crippen LogP contribution in [0.2, 0.25) is 0 Å². The Bertz CT molecular complexity index is 1030. The van der Waals surface area contributed by atoms with Gasteiger partial charge < -0.3 is 20.7 Å². The van der Waals surface area contributed by atoms with Gasteiger partial charge in [-0.1, -0.05) is 18.2 Å². The number of rotatable bonds is 9. The third kappa shape index (κ3) is 7.35. The lowest BCUT2D eigenvalue weighted by Crippen LogP contribution is -2.52. The predicted molar refractivity (Wildman–Crippen MR) is 131 cm³/mol. The van der Waals surface area contributed by atoms with Crippen LogP contribution in [0.3, 0.4) is 0 Å². The number of carbonyl (C=O) groups is 2. The molecule has 0 bridgehead atoms. The smallest absolute Gasteiger partial charge is 0.398 e. The van der Waals surface area contributed by atoms with Crippen LogP contribution in [0.1, 0.15) is 27.9 Å². The van der Waals surface area contributed by atoms with Gasteiger partial charge >= 0.3 is 5.51 Å². The number of methoxy groups -OCH3 is 1. The van der Waals surface area contributed by atoms with E-state index in [2.05, 4.69) is 10.3 Å². The molecule has 1 aliphatic heterocycles. The molecule has 1 unspecified atom stereocenters. The van der Waals surface area contributed by atoms with E-state index in [0.29, 0.717) is 49.6 Å². The van der Waals surface area contributed by atoms with Crippen LogP contribution in [0.4, 0.5) is 18.9 Å². The van der Waals surface area contributed by atoms with Crippen molar-refractivity contribution < 1.29 is 27.5 Å². The Kier molecular flexibility index (Phi) is 9.01. The average molecular weight is 511 g/mol. The van der Waals surface area contributed by atoms with E-state index in [1.54, 1.807) is 36.4 Å². The number of nitrogens with zero attached hydrogens (tertiary/aromatic N) is 2. The van der Waals surface area contributed by atoms with Crippen LogP contribution in [0.5, 0.6) is 0 Å². The molecule has 35 heavy (non-hydrogen) atoms. The fraction of sp³-hybridized carbons (Fsp3) is 0.458. The first-order chi connectivity index (χ1) is 16.6. The van der Waals surface area contributed by atoms with Gasteiger partial charge in [0.15, 0.2) is 0 Å². The van der Waals surface area contributed by atoms with Gasteiger partial charge in [0.2, 0.25) is 5.91 Å². The van der Waals surface area contributed by atoms with Crippen LogP contribution in [-0.4, -0.2) is 68.3 Å². The van der Waals surface area contributed by atoms with Crippen molar-refractivity contribution in [1.82, 2.24) is 10.2 Å². The predicted octanol–water partition coefficient (Wildman–Crippen LogP) is 3.54. The SMILES string of the molecule is COCCNC(=O)c1ccc(N)c(C=NCC2CN(C(=O)C3C=CC(SC(F)(F)F)=CC3)C2)c1C. The Morgan fingerprint density at radius 3 is 2.71 bits per heavy atom. The van der Waals surface area contributed by atoms with E-state index in [1.165, 1.54) is 12.2 Å². The molecule has 11 heteroatoms. The second-order valence-corrected chi connectivity index (χ2v) is 9.59. The van der Waals surface area contributed by atoms with Gasteiger partial charge in [0.25, 0.3) is 5.91 Å². The molecule has 1 atom stereocenters. The molecule has 3 N–H and O–H groups in total. The van der Waals surface area contributed by atoms with Crippen molar-refractivity contribution in [3.8, 4) is 0 Å². The largest absolute Gasteiger partial charge is 0.446 e. The lowest BCUT2D eigenvalue weighted by atomic mass is 9.94. The summed E-state index contributed by atoms with van der Waals surface area (Å²) in [5.41, 5.74) is 4.21. The lowest BCUT2D eigenvalue weighted by molar-refractivity contribution is -0.140. The number of aliphatic imine (C=N–C) groups is 1. The molecule has 2 amide bonds. The Labute approximate surface area is 206 Å². The molecule has 1 aromatic carbocycles. The van der Waals surface area contributed by atoms with E-state index in [4.69, 9.17) is 10.5 Å². The molecule has 190 valence electrons. The number of nitrogens with one attached hydrogen (secondary N) is 1. The topological polar surface area (TPSA) is 97.0 Å². The van der Waals surface area contributed by atoms with Gasteiger partial charge in [-0.15, -0.1) is 0 Å². The number of amides is 2. The van der Waals surface area contributed by atoms with Gasteiger partial charge in [0.05, 0.1) is 12.5 Å². The highest BCUT2D eigenvalue weighted by Gasteiger charge is 2.35. The van der Waals surface area contributed by atoms with Crippen molar-refractivity contribution in [2.24, 2.45) is 16.8 Å². The number of allylic oxidation sites excluding steroid dienone is 2. The number of nitrogen functional groups attached to an aromatic ring is 1. The van der Waals surface area contributed by atoms with Gasteiger partial charge in [-0.3, -0.25) is 14.6 Å². The number of carbonyl (C=O) groups excluding carboxylic acids is 2. The second-order valence-electron chi connectivity index (χ2n) is 8.45. The zero-order valence-corrected chi connectivity index (χ0v) is 20.4. The summed E-state index contributed by atoms with van der Waals surface area (Å²) in [6, 6.07) is 3.35. The number of alkyl halides is 3. The van der Waals surface area contributed by atoms with Crippen molar-refractivity contribution in [2.75, 3.05) is 45.6 Å². The summed E-state index contributed by atoms with van der Waals surface area (Å²) in [6.07, 6.45) is 6.30. The van der Waals surface area contributed by atoms with Crippen LogP contribution < -0.4 is 11.1 Å². The highest BCUT2D eigenvalue weighted by atomic mass is 32.2. The van der Waals surface area contributed by atoms with Crippen molar-refractivity contribution in [2.45, 2.75) is 18.9 Å². The Balaban J connectivity index is 1.49. The normalized spacial score (nSPS) is 18.5. The summed E-state index contributed by atoms with van der Waals surface area (Å²) < 4.78 is 42.4. The average Bonchev–Trinajstić information content (AvgIpc) is 2.76. The third-order valence-electron chi connectivity index (χ3n) is 5.85. The number of likely N-dealkylation sites (tertiary alicyclic amines) is 1. The van der Waals surface area contributed by atoms with Gasteiger partial charge in [0, 0.05) is 67.1 Å². The molecule has 7 nitrogen and oxygen atoms in total. The number of ether oxygens (including phenoxy) is 1. The van der Waals surface area contributed by atoms with E-state index in [0.717, 1.165) is 5.56 Å². The van der Waals surface area contributed by atoms with Gasteiger partial charge in [-0.05, 0) is 42.8 Å². The molecule has 0 spiro atoms. The summed E-state index contributed by atoms with van der Waals surface area (Å²) in [6.45, 7) is 4.23. The minimum atomic E-state index is -4.33. The molecular weight excluding hydrogens is 481 g/mol. The summed E-state index contributed by atoms with van der Waals surface area (Å²) in [5.74, 6) is -0.534. The van der Waals surface area contributed by atoms with Crippen molar-refractivity contribution in [3.63, 3.8) is 0 Å². The van der Waals surface area contributed by atoms with E-state index < -0.39 is 11.4 Å². The first kappa shape index (κ1) is 26.8. The van der Waals surface area contributed by atoms with E-state index >= 15 is 0 Å². The zero-order valence-electron chi connectivity index (χ0n) is 19.6. The Hall–Kier alpha value is -2.79. The van der Waals surface area contributed by atoms with Crippen molar-refractivity contribution in [1.29, 1.82) is 0 Å². The summed E-state index contributed by atoms with van der Waals surface area (Å²) in [4.78, 5) is 31.3. The monoisotopic (exact) mass is 510 g/mol. The molecule has 0 aromatic heterocycles. The van der Waals surface area contributed by atoms with Crippen molar-refractivity contribution in [3.05, 3.63) is 52.0 Å². The molecule has 1 fully saturated rings. The van der Waals surface area contributed by atoms with Gasteiger partial charge in [0.1, 0.15) is 0 Å². The van der Waals surface area contributed by atoms with Gasteiger partial charge in [-0.25, -0.2) is 0 Å². The quantitative estimate of drug-likeness (QED) is 0.301. The Morgan fingerprint density at radius 1 is 1.34 bits per heavy atom. The summed E-state index contributed by atoms with van der Waals surface area (Å²) in [5, 5.41) is 2.79. The number of hydrogen-bond acceptors (Lipinski definition) is 6. The minimum Gasteiger partial charge on any atom is -0.398 e. The maximum Gasteiger partial charge on any atom is 0.446 e. The minimum absolute atomic E-state index is 0.0823. The van der Waals surface area contributed by atoms with Crippen LogP contribution in [0, 0.1) is 18.8 Å². The van der Waals surface area contributed by atoms with Gasteiger partial charge in [-0.2, -0.15) is 13.2 Å². The number of nitrogens with two attached hydrogens (primary N) is 1. The highest BCUT2D eigenvalue weighted by molar-refractivity contribution is 8.04. The summed E-state index contributed by atoms with van der Waals surface area (Å²) >= 11 is -0.167. The molecule has 3 rings (SSSR count). The molecule has 1 aliphatic carbocycles. The maximum absolute atomic E-state index is 12.6. The van der Waals surface area contributed by atoms with Crippen molar-refractivity contribution >= 4 is 35.5 Å². The second kappa shape index (κ2) is 11.8. The number of hydrogen-bond donors (Lipinski definition) is 2. The Morgan fingerprint density at radius 2 is 2.09 bits per heavy atom. The summed E-state index contributed by atoms with van der Waals surface area (Å²) in [7, 11) is 1.56. The standard InChI is InChI=1S/C24H29F3N4O3S/c1-15-19(22(32)30-9-10-34-2)7-8-21(28)20(15)12-29-11-16-13-31(14-16)23(33)17-3-5-18(6-4-17)35-24(25,26)27/h3,5-8,12,16-17H,4,9-11,13-14,28H2,1-2H3,(H,30,32). The number of anilines is 1. The fourth-order valence-electron chi connectivity index (χ4n) is 3.91. The maximum atomic E-state index is 12.6. The molecule has 1 aromatic rings. The van der Waals surface area contributed by atoms with Crippen LogP contribution in [0.25, 0.3) is 0 Å². The van der Waals surface area contributed by atoms with Crippen LogP contribution >= 0.6 is 11.8 Å². The van der Waals surface area contributed by atoms with E-state index in [1.807, 2.05) is 6.92 Å². The van der Waals surface area contributed by atoms with Crippen LogP contribution in [-0.2, 0) is 9.53 Å². The molecule has 1 saturated heterocycles. The van der Waals surface area contributed by atoms with Crippen LogP contribution in [0.15, 0.2) is 40.3 Å². The molecule has 2 aliphatic rings. The number of halogens is 3. The number of thioether (sulfide) groups is 1. The first-order valence-corrected chi connectivity index (χ1v) is 12.0. The van der Waals surface area contributed by atoms with E-state index in [9.17, 15) is 22.8 Å². The molecule has 1 heterocycles. The molecule has 0 saturated carbocycles. The molecular formula is C24H29F3N4O3S. The first-order valence-electron chi connectivity index (χ1n) is 11.2.